The summed E-state index contributed by atoms with van der Waals surface area (Å²) >= 11 is 0. The van der Waals surface area contributed by atoms with Gasteiger partial charge in [0.25, 0.3) is 0 Å². The number of unbranched alkanes of at least 4 members (excludes halogenated alkanes) is 30. The molecule has 57 heavy (non-hydrogen) atoms. The minimum atomic E-state index is -0.762. The van der Waals surface area contributed by atoms with E-state index in [0.717, 1.165) is 69.6 Å². The molecular formula is C51H98O6. The van der Waals surface area contributed by atoms with Gasteiger partial charge >= 0.3 is 17.9 Å². The Labute approximate surface area is 355 Å². The summed E-state index contributed by atoms with van der Waals surface area (Å²) < 4.78 is 16.7. The van der Waals surface area contributed by atoms with Crippen LogP contribution in [0.5, 0.6) is 0 Å². The summed E-state index contributed by atoms with van der Waals surface area (Å²) in [5.41, 5.74) is 0. The molecule has 0 aromatic heterocycles. The molecule has 0 saturated heterocycles. The van der Waals surface area contributed by atoms with Crippen molar-refractivity contribution in [1.29, 1.82) is 0 Å². The Bertz CT molecular complexity index is 870. The van der Waals surface area contributed by atoms with Crippen LogP contribution in [0.4, 0.5) is 0 Å². The van der Waals surface area contributed by atoms with Gasteiger partial charge in [0, 0.05) is 19.3 Å². The van der Waals surface area contributed by atoms with E-state index in [1.165, 1.54) is 167 Å². The van der Waals surface area contributed by atoms with Crippen molar-refractivity contribution in [2.24, 2.45) is 11.8 Å². The van der Waals surface area contributed by atoms with E-state index in [9.17, 15) is 14.4 Å². The molecule has 1 atom stereocenters. The van der Waals surface area contributed by atoms with E-state index in [1.54, 1.807) is 0 Å². The SMILES string of the molecule is CCCCCCCCCCCCCCCCCCCCCC(=O)OC[C@@H](COC(=O)CCCCCCCCCCC(C)C)OC(=O)CCCCCCCCC(C)C. The molecule has 0 aliphatic heterocycles. The van der Waals surface area contributed by atoms with E-state index in [0.29, 0.717) is 19.3 Å². The summed E-state index contributed by atoms with van der Waals surface area (Å²) in [6.07, 6.45) is 44.0. The van der Waals surface area contributed by atoms with Crippen molar-refractivity contribution in [1.82, 2.24) is 0 Å². The fourth-order valence-electron chi connectivity index (χ4n) is 7.64. The Hall–Kier alpha value is -1.59. The fourth-order valence-corrected chi connectivity index (χ4v) is 7.64. The molecule has 0 radical (unpaired) electrons. The molecule has 0 saturated carbocycles. The number of hydrogen-bond acceptors (Lipinski definition) is 6. The highest BCUT2D eigenvalue weighted by Crippen LogP contribution is 2.17. The van der Waals surface area contributed by atoms with Crippen LogP contribution in [-0.4, -0.2) is 37.2 Å². The lowest BCUT2D eigenvalue weighted by Crippen LogP contribution is -2.30. The molecular weight excluding hydrogens is 709 g/mol. The molecule has 6 heteroatoms. The number of rotatable bonds is 45. The summed E-state index contributed by atoms with van der Waals surface area (Å²) in [7, 11) is 0. The van der Waals surface area contributed by atoms with Gasteiger partial charge in [-0.25, -0.2) is 0 Å². The minimum absolute atomic E-state index is 0.0655. The maximum atomic E-state index is 12.7. The second-order valence-electron chi connectivity index (χ2n) is 18.4. The van der Waals surface area contributed by atoms with Gasteiger partial charge in [0.05, 0.1) is 0 Å². The van der Waals surface area contributed by atoms with Gasteiger partial charge in [0.15, 0.2) is 6.10 Å². The molecule has 0 N–H and O–H groups in total. The molecule has 0 heterocycles. The minimum Gasteiger partial charge on any atom is -0.462 e. The highest BCUT2D eigenvalue weighted by atomic mass is 16.6. The van der Waals surface area contributed by atoms with Gasteiger partial charge < -0.3 is 14.2 Å². The Kier molecular flexibility index (Phi) is 42.7. The number of carbonyl (C=O) groups is 3. The summed E-state index contributed by atoms with van der Waals surface area (Å²) in [5.74, 6) is 0.696. The van der Waals surface area contributed by atoms with Crippen LogP contribution in [-0.2, 0) is 28.6 Å². The fraction of sp³-hybridized carbons (Fsp3) is 0.941. The van der Waals surface area contributed by atoms with Gasteiger partial charge in [-0.3, -0.25) is 14.4 Å². The number of esters is 3. The van der Waals surface area contributed by atoms with E-state index in [1.807, 2.05) is 0 Å². The molecule has 0 amide bonds. The maximum absolute atomic E-state index is 12.7. The Morgan fingerprint density at radius 2 is 0.579 bits per heavy atom. The molecule has 0 aromatic rings. The second kappa shape index (κ2) is 44.0. The zero-order chi connectivity index (χ0) is 41.9. The van der Waals surface area contributed by atoms with E-state index in [-0.39, 0.29) is 31.1 Å². The zero-order valence-corrected chi connectivity index (χ0v) is 39.0. The summed E-state index contributed by atoms with van der Waals surface area (Å²) in [6, 6.07) is 0. The highest BCUT2D eigenvalue weighted by Gasteiger charge is 2.19. The van der Waals surface area contributed by atoms with Crippen molar-refractivity contribution in [3.8, 4) is 0 Å². The third-order valence-corrected chi connectivity index (χ3v) is 11.5. The lowest BCUT2D eigenvalue weighted by molar-refractivity contribution is -0.167. The monoisotopic (exact) mass is 807 g/mol. The maximum Gasteiger partial charge on any atom is 0.306 e. The van der Waals surface area contributed by atoms with Crippen LogP contribution in [0.25, 0.3) is 0 Å². The van der Waals surface area contributed by atoms with E-state index in [4.69, 9.17) is 14.2 Å². The lowest BCUT2D eigenvalue weighted by Gasteiger charge is -2.18. The topological polar surface area (TPSA) is 78.9 Å². The molecule has 0 aliphatic rings. The van der Waals surface area contributed by atoms with Gasteiger partial charge in [-0.15, -0.1) is 0 Å². The molecule has 0 bridgehead atoms. The van der Waals surface area contributed by atoms with E-state index < -0.39 is 6.10 Å². The number of hydrogen-bond donors (Lipinski definition) is 0. The summed E-state index contributed by atoms with van der Waals surface area (Å²) in [5, 5.41) is 0. The highest BCUT2D eigenvalue weighted by molar-refractivity contribution is 5.71. The van der Waals surface area contributed by atoms with Crippen molar-refractivity contribution in [3.05, 3.63) is 0 Å². The Morgan fingerprint density at radius 1 is 0.333 bits per heavy atom. The predicted molar refractivity (Wildman–Crippen MR) is 243 cm³/mol. The first kappa shape index (κ1) is 55.4. The van der Waals surface area contributed by atoms with Gasteiger partial charge in [-0.1, -0.05) is 240 Å². The average molecular weight is 807 g/mol. The first-order chi connectivity index (χ1) is 27.7. The number of carbonyl (C=O) groups excluding carboxylic acids is 3. The van der Waals surface area contributed by atoms with Crippen molar-refractivity contribution < 1.29 is 28.6 Å². The van der Waals surface area contributed by atoms with E-state index >= 15 is 0 Å². The molecule has 0 aromatic carbocycles. The smallest absolute Gasteiger partial charge is 0.306 e. The predicted octanol–water partition coefficient (Wildman–Crippen LogP) is 16.1. The van der Waals surface area contributed by atoms with Gasteiger partial charge in [0.2, 0.25) is 0 Å². The quantitative estimate of drug-likeness (QED) is 0.0346. The molecule has 0 fully saturated rings. The molecule has 338 valence electrons. The van der Waals surface area contributed by atoms with Crippen LogP contribution in [0.2, 0.25) is 0 Å². The molecule has 0 aliphatic carbocycles. The van der Waals surface area contributed by atoms with Gasteiger partial charge in [0.1, 0.15) is 13.2 Å². The molecule has 0 unspecified atom stereocenters. The molecule has 0 spiro atoms. The van der Waals surface area contributed by atoms with Crippen LogP contribution in [0, 0.1) is 11.8 Å². The third-order valence-electron chi connectivity index (χ3n) is 11.5. The molecule has 6 nitrogen and oxygen atoms in total. The van der Waals surface area contributed by atoms with Crippen LogP contribution in [0.1, 0.15) is 279 Å². The van der Waals surface area contributed by atoms with Gasteiger partial charge in [-0.05, 0) is 31.1 Å². The van der Waals surface area contributed by atoms with Gasteiger partial charge in [-0.2, -0.15) is 0 Å². The van der Waals surface area contributed by atoms with E-state index in [2.05, 4.69) is 34.6 Å². The van der Waals surface area contributed by atoms with Crippen molar-refractivity contribution in [2.75, 3.05) is 13.2 Å². The van der Waals surface area contributed by atoms with Crippen LogP contribution in [0.15, 0.2) is 0 Å². The van der Waals surface area contributed by atoms with Crippen molar-refractivity contribution in [2.45, 2.75) is 285 Å². The largest absolute Gasteiger partial charge is 0.462 e. The Balaban J connectivity index is 4.20. The normalized spacial score (nSPS) is 12.1. The van der Waals surface area contributed by atoms with Crippen molar-refractivity contribution >= 4 is 17.9 Å². The third kappa shape index (κ3) is 45.3. The summed E-state index contributed by atoms with van der Waals surface area (Å²) in [4.78, 5) is 37.8. The van der Waals surface area contributed by atoms with Crippen LogP contribution < -0.4 is 0 Å². The first-order valence-corrected chi connectivity index (χ1v) is 25.2. The summed E-state index contributed by atoms with van der Waals surface area (Å²) in [6.45, 7) is 11.3. The number of ether oxygens (including phenoxy) is 3. The van der Waals surface area contributed by atoms with Crippen LogP contribution in [0.3, 0.4) is 0 Å². The average Bonchev–Trinajstić information content (AvgIpc) is 3.18. The lowest BCUT2D eigenvalue weighted by atomic mass is 10.0. The molecule has 0 rings (SSSR count). The second-order valence-corrected chi connectivity index (χ2v) is 18.4. The first-order valence-electron chi connectivity index (χ1n) is 25.2. The van der Waals surface area contributed by atoms with Crippen molar-refractivity contribution in [3.63, 3.8) is 0 Å². The Morgan fingerprint density at radius 3 is 0.860 bits per heavy atom. The van der Waals surface area contributed by atoms with Crippen LogP contribution >= 0.6 is 0 Å². The standard InChI is InChI=1S/C51H98O6/c1-6-7-8-9-10-11-12-13-14-15-16-17-18-19-20-21-25-31-36-41-49(52)55-44-48(57-51(54)43-38-33-28-27-30-35-40-47(4)5)45-56-50(53)42-37-32-26-23-22-24-29-34-39-46(2)3/h46-48H,6-45H2,1-5H3/t48-/m0/s1. The zero-order valence-electron chi connectivity index (χ0n) is 39.0.